The summed E-state index contributed by atoms with van der Waals surface area (Å²) in [7, 11) is 5.42. The van der Waals surface area contributed by atoms with Gasteiger partial charge in [-0.1, -0.05) is 5.21 Å². The average molecular weight is 208 g/mol. The van der Waals surface area contributed by atoms with Crippen LogP contribution in [-0.4, -0.2) is 43.4 Å². The first-order valence-corrected chi connectivity index (χ1v) is 4.50. The maximum Gasteiger partial charge on any atom is 0.352 e. The third-order valence-corrected chi connectivity index (χ3v) is 2.04. The molecule has 0 aliphatic carbocycles. The first-order valence-electron chi connectivity index (χ1n) is 4.50. The van der Waals surface area contributed by atoms with E-state index < -0.39 is 0 Å². The van der Waals surface area contributed by atoms with E-state index in [-0.39, 0.29) is 5.69 Å². The number of hydrogen-bond acceptors (Lipinski definition) is 5. The second kappa shape index (κ2) is 3.43. The molecule has 0 saturated heterocycles. The summed E-state index contributed by atoms with van der Waals surface area (Å²) in [4.78, 5) is 17.7. The Morgan fingerprint density at radius 1 is 1.47 bits per heavy atom. The Hall–Kier alpha value is -1.76. The third-order valence-electron chi connectivity index (χ3n) is 2.04. The zero-order valence-corrected chi connectivity index (χ0v) is 8.88. The molecule has 2 aromatic heterocycles. The van der Waals surface area contributed by atoms with Crippen molar-refractivity contribution in [2.24, 2.45) is 7.05 Å². The number of hydrogen-bond donors (Lipinski definition) is 0. The van der Waals surface area contributed by atoms with Gasteiger partial charge in [0.1, 0.15) is 12.0 Å². The number of nitrogens with zero attached hydrogens (tertiary/aromatic N) is 6. The van der Waals surface area contributed by atoms with Gasteiger partial charge >= 0.3 is 5.69 Å². The Morgan fingerprint density at radius 2 is 2.20 bits per heavy atom. The van der Waals surface area contributed by atoms with E-state index in [1.54, 1.807) is 7.05 Å². The Balaban J connectivity index is 2.62. The normalized spacial score (nSPS) is 11.5. The first-order chi connectivity index (χ1) is 7.09. The molecule has 15 heavy (non-hydrogen) atoms. The molecule has 0 radical (unpaired) electrons. The molecule has 7 nitrogen and oxygen atoms in total. The summed E-state index contributed by atoms with van der Waals surface area (Å²) in [6, 6.07) is 0. The highest BCUT2D eigenvalue weighted by molar-refractivity contribution is 5.41. The van der Waals surface area contributed by atoms with E-state index in [0.29, 0.717) is 12.2 Å². The minimum Gasteiger partial charge on any atom is -0.303 e. The van der Waals surface area contributed by atoms with Crippen molar-refractivity contribution in [3.05, 3.63) is 22.5 Å². The predicted octanol–water partition coefficient (Wildman–Crippen LogP) is -1.12. The van der Waals surface area contributed by atoms with Crippen LogP contribution in [0.25, 0.3) is 5.65 Å². The van der Waals surface area contributed by atoms with Crippen molar-refractivity contribution < 1.29 is 0 Å². The smallest absolute Gasteiger partial charge is 0.303 e. The number of rotatable bonds is 2. The summed E-state index contributed by atoms with van der Waals surface area (Å²) >= 11 is 0. The van der Waals surface area contributed by atoms with E-state index >= 15 is 0 Å². The van der Waals surface area contributed by atoms with Gasteiger partial charge in [0.25, 0.3) is 0 Å². The lowest BCUT2D eigenvalue weighted by Gasteiger charge is -2.06. The van der Waals surface area contributed by atoms with Crippen molar-refractivity contribution in [3.63, 3.8) is 0 Å². The summed E-state index contributed by atoms with van der Waals surface area (Å²) in [6.45, 7) is 0.637. The zero-order chi connectivity index (χ0) is 11.0. The zero-order valence-electron chi connectivity index (χ0n) is 8.88. The Kier molecular flexibility index (Phi) is 2.24. The van der Waals surface area contributed by atoms with Gasteiger partial charge in [-0.05, 0) is 14.1 Å². The SMILES string of the molecule is CN(C)Cc1ncn2c(=O)n(C)nnc12. The highest BCUT2D eigenvalue weighted by atomic mass is 16.2. The lowest BCUT2D eigenvalue weighted by molar-refractivity contribution is 0.398. The minimum absolute atomic E-state index is 0.238. The molecule has 0 aliphatic heterocycles. The second-order valence-corrected chi connectivity index (χ2v) is 3.62. The van der Waals surface area contributed by atoms with Crippen LogP contribution in [0.4, 0.5) is 0 Å². The van der Waals surface area contributed by atoms with Crippen molar-refractivity contribution in [2.75, 3.05) is 14.1 Å². The Labute approximate surface area is 86.0 Å². The molecule has 0 saturated carbocycles. The van der Waals surface area contributed by atoms with E-state index in [1.807, 2.05) is 19.0 Å². The maximum absolute atomic E-state index is 11.6. The van der Waals surface area contributed by atoms with Crippen molar-refractivity contribution >= 4 is 5.65 Å². The monoisotopic (exact) mass is 208 g/mol. The molecular weight excluding hydrogens is 196 g/mol. The highest BCUT2D eigenvalue weighted by Crippen LogP contribution is 2.03. The quantitative estimate of drug-likeness (QED) is 0.625. The molecule has 0 aliphatic rings. The number of fused-ring (bicyclic) bond motifs is 1. The summed E-state index contributed by atoms with van der Waals surface area (Å²) < 4.78 is 2.57. The van der Waals surface area contributed by atoms with Crippen LogP contribution in [0.15, 0.2) is 11.1 Å². The molecule has 7 heteroatoms. The van der Waals surface area contributed by atoms with Crippen LogP contribution in [0.5, 0.6) is 0 Å². The van der Waals surface area contributed by atoms with Crippen LogP contribution < -0.4 is 5.69 Å². The maximum atomic E-state index is 11.6. The molecule has 2 aromatic rings. The molecule has 0 bridgehead atoms. The van der Waals surface area contributed by atoms with Crippen LogP contribution in [0.3, 0.4) is 0 Å². The summed E-state index contributed by atoms with van der Waals surface area (Å²) in [5.74, 6) is 0. The highest BCUT2D eigenvalue weighted by Gasteiger charge is 2.09. The van der Waals surface area contributed by atoms with Crippen molar-refractivity contribution in [1.82, 2.24) is 29.3 Å². The number of aromatic nitrogens is 5. The van der Waals surface area contributed by atoms with E-state index in [9.17, 15) is 4.79 Å². The van der Waals surface area contributed by atoms with Crippen LogP contribution in [-0.2, 0) is 13.6 Å². The van der Waals surface area contributed by atoms with Crippen LogP contribution in [0.1, 0.15) is 5.69 Å². The van der Waals surface area contributed by atoms with Gasteiger partial charge in [-0.3, -0.25) is 0 Å². The topological polar surface area (TPSA) is 68.3 Å². The lowest BCUT2D eigenvalue weighted by atomic mass is 10.4. The van der Waals surface area contributed by atoms with E-state index in [2.05, 4.69) is 15.3 Å². The van der Waals surface area contributed by atoms with Crippen LogP contribution in [0.2, 0.25) is 0 Å². The van der Waals surface area contributed by atoms with Gasteiger partial charge in [-0.25, -0.2) is 14.2 Å². The molecule has 80 valence electrons. The summed E-state index contributed by atoms with van der Waals surface area (Å²) in [6.07, 6.45) is 1.48. The molecule has 2 rings (SSSR count). The second-order valence-electron chi connectivity index (χ2n) is 3.62. The molecule has 0 fully saturated rings. The molecule has 0 N–H and O–H groups in total. The predicted molar refractivity (Wildman–Crippen MR) is 53.4 cm³/mol. The largest absolute Gasteiger partial charge is 0.352 e. The molecule has 0 atom stereocenters. The Morgan fingerprint density at radius 3 is 2.87 bits per heavy atom. The van der Waals surface area contributed by atoms with Crippen LogP contribution in [0, 0.1) is 0 Å². The van der Waals surface area contributed by atoms with E-state index in [4.69, 9.17) is 0 Å². The third kappa shape index (κ3) is 1.61. The fraction of sp³-hybridized carbons (Fsp3) is 0.500. The number of aryl methyl sites for hydroxylation is 1. The molecule has 0 unspecified atom stereocenters. The molecule has 0 amide bonds. The van der Waals surface area contributed by atoms with E-state index in [1.165, 1.54) is 15.4 Å². The molecule has 0 aromatic carbocycles. The molecule has 2 heterocycles. The van der Waals surface area contributed by atoms with Gasteiger partial charge in [-0.2, -0.15) is 4.68 Å². The van der Waals surface area contributed by atoms with Gasteiger partial charge in [0.2, 0.25) is 0 Å². The fourth-order valence-electron chi connectivity index (χ4n) is 1.34. The van der Waals surface area contributed by atoms with Gasteiger partial charge in [-0.15, -0.1) is 5.10 Å². The summed E-state index contributed by atoms with van der Waals surface area (Å²) in [5.41, 5.74) is 1.04. The average Bonchev–Trinajstić information content (AvgIpc) is 2.55. The Bertz CT molecular complexity index is 540. The summed E-state index contributed by atoms with van der Waals surface area (Å²) in [5, 5.41) is 7.66. The van der Waals surface area contributed by atoms with Crippen LogP contribution >= 0.6 is 0 Å². The van der Waals surface area contributed by atoms with Crippen molar-refractivity contribution in [3.8, 4) is 0 Å². The van der Waals surface area contributed by atoms with Gasteiger partial charge in [0, 0.05) is 13.6 Å². The van der Waals surface area contributed by atoms with Gasteiger partial charge in [0.05, 0.1) is 0 Å². The first kappa shape index (κ1) is 9.78. The van der Waals surface area contributed by atoms with E-state index in [0.717, 1.165) is 5.69 Å². The van der Waals surface area contributed by atoms with Gasteiger partial charge in [0.15, 0.2) is 5.65 Å². The standard InChI is InChI=1S/C8H12N6O/c1-12(2)4-6-7-10-11-13(3)8(15)14(7)5-9-6/h5H,4H2,1-3H3. The van der Waals surface area contributed by atoms with Crippen molar-refractivity contribution in [2.45, 2.75) is 6.54 Å². The lowest BCUT2D eigenvalue weighted by Crippen LogP contribution is -2.27. The molecular formula is C8H12N6O. The van der Waals surface area contributed by atoms with Gasteiger partial charge < -0.3 is 4.90 Å². The number of imidazole rings is 1. The fourth-order valence-corrected chi connectivity index (χ4v) is 1.34. The molecule has 0 spiro atoms. The van der Waals surface area contributed by atoms with Crippen molar-refractivity contribution in [1.29, 1.82) is 0 Å². The minimum atomic E-state index is -0.238.